The summed E-state index contributed by atoms with van der Waals surface area (Å²) >= 11 is 0. The van der Waals surface area contributed by atoms with Gasteiger partial charge in [0.1, 0.15) is 0 Å². The molecule has 0 radical (unpaired) electrons. The van der Waals surface area contributed by atoms with Crippen molar-refractivity contribution in [2.45, 2.75) is 77.9 Å². The van der Waals surface area contributed by atoms with E-state index in [0.717, 1.165) is 19.1 Å². The zero-order chi connectivity index (χ0) is 12.5. The molecule has 0 spiro atoms. The molecule has 0 aromatic rings. The highest BCUT2D eigenvalue weighted by atomic mass is 16.5. The molecule has 1 N–H and O–H groups in total. The van der Waals surface area contributed by atoms with Crippen LogP contribution in [-0.4, -0.2) is 25.3 Å². The van der Waals surface area contributed by atoms with Crippen molar-refractivity contribution < 1.29 is 4.74 Å². The number of hydrogen-bond donors (Lipinski definition) is 1. The van der Waals surface area contributed by atoms with Crippen LogP contribution in [0.3, 0.4) is 0 Å². The Hall–Kier alpha value is -0.0800. The van der Waals surface area contributed by atoms with Crippen molar-refractivity contribution in [3.8, 4) is 0 Å². The van der Waals surface area contributed by atoms with Crippen molar-refractivity contribution in [3.05, 3.63) is 0 Å². The molecule has 1 saturated heterocycles. The molecular formula is C15H31NO. The van der Waals surface area contributed by atoms with Crippen LogP contribution in [-0.2, 0) is 4.74 Å². The Balaban J connectivity index is 2.09. The van der Waals surface area contributed by atoms with Crippen molar-refractivity contribution in [2.75, 3.05) is 13.2 Å². The minimum absolute atomic E-state index is 0.530. The van der Waals surface area contributed by atoms with Gasteiger partial charge in [0.15, 0.2) is 0 Å². The largest absolute Gasteiger partial charge is 0.378 e. The van der Waals surface area contributed by atoms with Crippen LogP contribution in [0.5, 0.6) is 0 Å². The fourth-order valence-electron chi connectivity index (χ4n) is 2.58. The first-order chi connectivity index (χ1) is 8.24. The Bertz CT molecular complexity index is 182. The molecule has 17 heavy (non-hydrogen) atoms. The van der Waals surface area contributed by atoms with Gasteiger partial charge in [-0.3, -0.25) is 0 Å². The maximum absolute atomic E-state index is 5.86. The Labute approximate surface area is 108 Å². The first-order valence-corrected chi connectivity index (χ1v) is 7.59. The molecule has 0 saturated carbocycles. The van der Waals surface area contributed by atoms with E-state index in [-0.39, 0.29) is 0 Å². The van der Waals surface area contributed by atoms with E-state index >= 15 is 0 Å². The van der Waals surface area contributed by atoms with E-state index in [1.165, 1.54) is 44.9 Å². The predicted octanol–water partition coefficient (Wildman–Crippen LogP) is 3.75. The smallest absolute Gasteiger partial charge is 0.0616 e. The van der Waals surface area contributed by atoms with Gasteiger partial charge in [0, 0.05) is 19.2 Å². The van der Waals surface area contributed by atoms with Crippen LogP contribution in [0.4, 0.5) is 0 Å². The molecule has 2 nitrogen and oxygen atoms in total. The molecule has 1 fully saturated rings. The van der Waals surface area contributed by atoms with Crippen LogP contribution in [0.15, 0.2) is 0 Å². The van der Waals surface area contributed by atoms with E-state index in [0.29, 0.717) is 12.1 Å². The molecule has 0 aliphatic carbocycles. The highest BCUT2D eigenvalue weighted by Gasteiger charge is 2.27. The van der Waals surface area contributed by atoms with E-state index < -0.39 is 0 Å². The molecule has 0 amide bonds. The molecule has 1 aliphatic heterocycles. The fourth-order valence-corrected chi connectivity index (χ4v) is 2.58. The summed E-state index contributed by atoms with van der Waals surface area (Å²) in [5, 5.41) is 3.55. The molecule has 1 rings (SSSR count). The van der Waals surface area contributed by atoms with Crippen molar-refractivity contribution in [2.24, 2.45) is 5.92 Å². The van der Waals surface area contributed by atoms with E-state index in [2.05, 4.69) is 26.1 Å². The molecule has 2 heteroatoms. The molecular weight excluding hydrogens is 210 g/mol. The van der Waals surface area contributed by atoms with Gasteiger partial charge in [-0.15, -0.1) is 0 Å². The normalized spacial score (nSPS) is 24.7. The fraction of sp³-hybridized carbons (Fsp3) is 1.00. The lowest BCUT2D eigenvalue weighted by molar-refractivity contribution is 0.0805. The SMILES string of the molecule is CCCCCCCC1OCCC1CNC(C)C. The zero-order valence-corrected chi connectivity index (χ0v) is 12.0. The Morgan fingerprint density at radius 2 is 1.94 bits per heavy atom. The lowest BCUT2D eigenvalue weighted by Crippen LogP contribution is -2.32. The van der Waals surface area contributed by atoms with E-state index in [4.69, 9.17) is 4.74 Å². The summed E-state index contributed by atoms with van der Waals surface area (Å²) in [5.74, 6) is 0.753. The maximum atomic E-state index is 5.86. The minimum Gasteiger partial charge on any atom is -0.378 e. The summed E-state index contributed by atoms with van der Waals surface area (Å²) in [5.41, 5.74) is 0. The monoisotopic (exact) mass is 241 g/mol. The Morgan fingerprint density at radius 3 is 2.65 bits per heavy atom. The molecule has 2 atom stereocenters. The van der Waals surface area contributed by atoms with Crippen LogP contribution in [0.1, 0.15) is 65.7 Å². The Morgan fingerprint density at radius 1 is 1.18 bits per heavy atom. The molecule has 102 valence electrons. The van der Waals surface area contributed by atoms with Crippen LogP contribution >= 0.6 is 0 Å². The second-order valence-electron chi connectivity index (χ2n) is 5.72. The maximum Gasteiger partial charge on any atom is 0.0616 e. The zero-order valence-electron chi connectivity index (χ0n) is 12.0. The second kappa shape index (κ2) is 8.93. The van der Waals surface area contributed by atoms with E-state index in [1.54, 1.807) is 0 Å². The molecule has 0 aromatic carbocycles. The average Bonchev–Trinajstić information content (AvgIpc) is 2.73. The van der Waals surface area contributed by atoms with Gasteiger partial charge in [-0.1, -0.05) is 52.9 Å². The summed E-state index contributed by atoms with van der Waals surface area (Å²) in [6.07, 6.45) is 9.92. The number of rotatable bonds is 9. The molecule has 1 heterocycles. The van der Waals surface area contributed by atoms with Crippen molar-refractivity contribution >= 4 is 0 Å². The van der Waals surface area contributed by atoms with Gasteiger partial charge in [-0.2, -0.15) is 0 Å². The standard InChI is InChI=1S/C15H31NO/c1-4-5-6-7-8-9-15-14(10-11-17-15)12-16-13(2)3/h13-16H,4-12H2,1-3H3. The van der Waals surface area contributed by atoms with Gasteiger partial charge in [0.05, 0.1) is 6.10 Å². The van der Waals surface area contributed by atoms with Crippen LogP contribution in [0.2, 0.25) is 0 Å². The third-order valence-corrected chi connectivity index (χ3v) is 3.73. The third kappa shape index (κ3) is 6.42. The number of ether oxygens (including phenoxy) is 1. The predicted molar refractivity (Wildman–Crippen MR) is 74.4 cm³/mol. The van der Waals surface area contributed by atoms with Gasteiger partial charge in [0.2, 0.25) is 0 Å². The van der Waals surface area contributed by atoms with Gasteiger partial charge < -0.3 is 10.1 Å². The second-order valence-corrected chi connectivity index (χ2v) is 5.72. The Kier molecular flexibility index (Phi) is 7.87. The minimum atomic E-state index is 0.530. The highest BCUT2D eigenvalue weighted by molar-refractivity contribution is 4.78. The third-order valence-electron chi connectivity index (χ3n) is 3.73. The van der Waals surface area contributed by atoms with E-state index in [9.17, 15) is 0 Å². The molecule has 0 aromatic heterocycles. The average molecular weight is 241 g/mol. The first-order valence-electron chi connectivity index (χ1n) is 7.59. The van der Waals surface area contributed by atoms with Gasteiger partial charge in [-0.25, -0.2) is 0 Å². The number of nitrogens with one attached hydrogen (secondary N) is 1. The molecule has 0 bridgehead atoms. The van der Waals surface area contributed by atoms with Gasteiger partial charge in [0.25, 0.3) is 0 Å². The summed E-state index contributed by atoms with van der Waals surface area (Å²) in [7, 11) is 0. The number of unbranched alkanes of at least 4 members (excludes halogenated alkanes) is 4. The highest BCUT2D eigenvalue weighted by Crippen LogP contribution is 2.25. The summed E-state index contributed by atoms with van der Waals surface area (Å²) in [4.78, 5) is 0. The van der Waals surface area contributed by atoms with Crippen LogP contribution in [0, 0.1) is 5.92 Å². The van der Waals surface area contributed by atoms with E-state index in [1.807, 2.05) is 0 Å². The van der Waals surface area contributed by atoms with Crippen LogP contribution in [0.25, 0.3) is 0 Å². The first kappa shape index (κ1) is 15.0. The lowest BCUT2D eigenvalue weighted by atomic mass is 9.96. The summed E-state index contributed by atoms with van der Waals surface area (Å²) in [6, 6.07) is 0.598. The molecule has 2 unspecified atom stereocenters. The summed E-state index contributed by atoms with van der Waals surface area (Å²) < 4.78 is 5.86. The molecule has 1 aliphatic rings. The van der Waals surface area contributed by atoms with Crippen LogP contribution < -0.4 is 5.32 Å². The topological polar surface area (TPSA) is 21.3 Å². The van der Waals surface area contributed by atoms with Crippen molar-refractivity contribution in [3.63, 3.8) is 0 Å². The van der Waals surface area contributed by atoms with Crippen molar-refractivity contribution in [1.82, 2.24) is 5.32 Å². The number of hydrogen-bond acceptors (Lipinski definition) is 2. The van der Waals surface area contributed by atoms with Gasteiger partial charge >= 0.3 is 0 Å². The lowest BCUT2D eigenvalue weighted by Gasteiger charge is -2.20. The van der Waals surface area contributed by atoms with Gasteiger partial charge in [-0.05, 0) is 18.8 Å². The van der Waals surface area contributed by atoms with Crippen molar-refractivity contribution in [1.29, 1.82) is 0 Å². The summed E-state index contributed by atoms with van der Waals surface area (Å²) in [6.45, 7) is 8.82. The quantitative estimate of drug-likeness (QED) is 0.621.